The molecular formula is C21H22ClN3O4S. The van der Waals surface area contributed by atoms with Crippen molar-refractivity contribution in [3.8, 4) is 16.5 Å². The second kappa shape index (κ2) is 9.77. The third-order valence-electron chi connectivity index (χ3n) is 4.40. The number of halogens is 1. The van der Waals surface area contributed by atoms with Crippen LogP contribution in [0.1, 0.15) is 30.1 Å². The summed E-state index contributed by atoms with van der Waals surface area (Å²) in [6.45, 7) is 6.64. The van der Waals surface area contributed by atoms with Crippen molar-refractivity contribution in [1.82, 2.24) is 9.88 Å². The number of hydrogen-bond acceptors (Lipinski definition) is 6. The second-order valence-corrected chi connectivity index (χ2v) is 7.71. The number of nitrogens with one attached hydrogen (secondary N) is 1. The normalized spacial score (nSPS) is 10.7. The highest BCUT2D eigenvalue weighted by Crippen LogP contribution is 2.29. The van der Waals surface area contributed by atoms with Crippen LogP contribution in [0.4, 0.5) is 5.69 Å². The lowest BCUT2D eigenvalue weighted by atomic mass is 10.2. The predicted octanol–water partition coefficient (Wildman–Crippen LogP) is 4.86. The van der Waals surface area contributed by atoms with Crippen molar-refractivity contribution in [3.05, 3.63) is 52.2 Å². The van der Waals surface area contributed by atoms with Gasteiger partial charge < -0.3 is 19.4 Å². The molecular weight excluding hydrogens is 426 g/mol. The van der Waals surface area contributed by atoms with Gasteiger partial charge in [-0.25, -0.2) is 4.98 Å². The first-order valence-corrected chi connectivity index (χ1v) is 10.7. The number of benzene rings is 1. The number of carbonyl (C=O) groups excluding carboxylic acids is 2. The quantitative estimate of drug-likeness (QED) is 0.532. The molecule has 2 amide bonds. The number of nitrogens with zero attached hydrogens (tertiary/aromatic N) is 2. The lowest BCUT2D eigenvalue weighted by Crippen LogP contribution is -2.34. The van der Waals surface area contributed by atoms with E-state index in [4.69, 9.17) is 20.8 Å². The Balaban J connectivity index is 1.66. The molecule has 3 rings (SSSR count). The van der Waals surface area contributed by atoms with E-state index < -0.39 is 5.91 Å². The first kappa shape index (κ1) is 21.9. The summed E-state index contributed by atoms with van der Waals surface area (Å²) in [4.78, 5) is 31.5. The number of oxazole rings is 1. The number of likely N-dealkylation sites (N-methyl/N-ethyl adjacent to an activating group) is 1. The van der Waals surface area contributed by atoms with Crippen LogP contribution in [-0.4, -0.2) is 41.4 Å². The number of ether oxygens (including phenoxy) is 1. The van der Waals surface area contributed by atoms with Crippen LogP contribution in [0.3, 0.4) is 0 Å². The molecule has 0 aliphatic carbocycles. The van der Waals surface area contributed by atoms with Gasteiger partial charge in [0, 0.05) is 18.8 Å². The molecule has 1 aromatic carbocycles. The van der Waals surface area contributed by atoms with Crippen LogP contribution >= 0.6 is 22.9 Å². The molecule has 0 spiro atoms. The Morgan fingerprint density at radius 3 is 2.67 bits per heavy atom. The molecule has 30 heavy (non-hydrogen) atoms. The molecule has 0 unspecified atom stereocenters. The predicted molar refractivity (Wildman–Crippen MR) is 117 cm³/mol. The summed E-state index contributed by atoms with van der Waals surface area (Å²) in [5.74, 6) is 0.689. The van der Waals surface area contributed by atoms with Gasteiger partial charge in [-0.15, -0.1) is 11.3 Å². The van der Waals surface area contributed by atoms with E-state index in [-0.39, 0.29) is 23.2 Å². The van der Waals surface area contributed by atoms with Crippen molar-refractivity contribution in [1.29, 1.82) is 0 Å². The summed E-state index contributed by atoms with van der Waals surface area (Å²) in [5.41, 5.74) is 0.687. The molecule has 7 nitrogen and oxygen atoms in total. The molecule has 1 N–H and O–H groups in total. The van der Waals surface area contributed by atoms with Crippen molar-refractivity contribution in [3.63, 3.8) is 0 Å². The number of hydrogen-bond donors (Lipinski definition) is 1. The number of aromatic nitrogens is 1. The SMILES string of the molecule is CCN(CC)C(=O)COc1ccc(NC(=O)c2nc(-c3cccs3)oc2C)cc1Cl. The zero-order valence-corrected chi connectivity index (χ0v) is 18.5. The number of thiophene rings is 1. The van der Waals surface area contributed by atoms with Gasteiger partial charge in [0.1, 0.15) is 11.5 Å². The van der Waals surface area contributed by atoms with Gasteiger partial charge >= 0.3 is 0 Å². The van der Waals surface area contributed by atoms with Gasteiger partial charge in [0.15, 0.2) is 12.3 Å². The van der Waals surface area contributed by atoms with Crippen LogP contribution in [-0.2, 0) is 4.79 Å². The van der Waals surface area contributed by atoms with Crippen LogP contribution < -0.4 is 10.1 Å². The van der Waals surface area contributed by atoms with Crippen LogP contribution in [0.5, 0.6) is 5.75 Å². The molecule has 3 aromatic rings. The molecule has 0 bridgehead atoms. The van der Waals surface area contributed by atoms with Crippen LogP contribution in [0, 0.1) is 6.92 Å². The van der Waals surface area contributed by atoms with Crippen molar-refractivity contribution in [2.45, 2.75) is 20.8 Å². The van der Waals surface area contributed by atoms with Gasteiger partial charge in [-0.05, 0) is 50.4 Å². The van der Waals surface area contributed by atoms with Gasteiger partial charge in [0.05, 0.1) is 9.90 Å². The lowest BCUT2D eigenvalue weighted by molar-refractivity contribution is -0.132. The number of rotatable bonds is 8. The molecule has 9 heteroatoms. The number of aryl methyl sites for hydroxylation is 1. The summed E-state index contributed by atoms with van der Waals surface area (Å²) in [7, 11) is 0. The Labute approximate surface area is 183 Å². The molecule has 158 valence electrons. The third kappa shape index (κ3) is 5.01. The summed E-state index contributed by atoms with van der Waals surface area (Å²) in [6, 6.07) is 8.59. The maximum atomic E-state index is 12.6. The highest BCUT2D eigenvalue weighted by atomic mass is 35.5. The Morgan fingerprint density at radius 1 is 1.27 bits per heavy atom. The van der Waals surface area contributed by atoms with Crippen molar-refractivity contribution in [2.75, 3.05) is 25.0 Å². The number of carbonyl (C=O) groups is 2. The number of amides is 2. The van der Waals surface area contributed by atoms with Gasteiger partial charge in [-0.2, -0.15) is 0 Å². The minimum Gasteiger partial charge on any atom is -0.482 e. The molecule has 0 atom stereocenters. The summed E-state index contributed by atoms with van der Waals surface area (Å²) >= 11 is 7.74. The minimum atomic E-state index is -0.402. The molecule has 2 heterocycles. The van der Waals surface area contributed by atoms with E-state index in [1.165, 1.54) is 11.3 Å². The lowest BCUT2D eigenvalue weighted by Gasteiger charge is -2.19. The molecule has 0 saturated heterocycles. The maximum absolute atomic E-state index is 12.6. The van der Waals surface area contributed by atoms with Crippen LogP contribution in [0.25, 0.3) is 10.8 Å². The summed E-state index contributed by atoms with van der Waals surface area (Å²) < 4.78 is 11.1. The standard InChI is InChI=1S/C21H22ClN3O4S/c1-4-25(5-2)18(26)12-28-16-9-8-14(11-15(16)22)23-20(27)19-13(3)29-21(24-19)17-7-6-10-30-17/h6-11H,4-5,12H2,1-3H3,(H,23,27). The Hall–Kier alpha value is -2.84. The van der Waals surface area contributed by atoms with E-state index in [1.54, 1.807) is 30.0 Å². The zero-order valence-electron chi connectivity index (χ0n) is 16.9. The van der Waals surface area contributed by atoms with E-state index >= 15 is 0 Å². The molecule has 2 aromatic heterocycles. The fourth-order valence-corrected chi connectivity index (χ4v) is 3.69. The van der Waals surface area contributed by atoms with Gasteiger partial charge in [-0.1, -0.05) is 17.7 Å². The largest absolute Gasteiger partial charge is 0.482 e. The molecule has 0 radical (unpaired) electrons. The first-order valence-electron chi connectivity index (χ1n) is 9.45. The summed E-state index contributed by atoms with van der Waals surface area (Å²) in [6.07, 6.45) is 0. The Kier molecular flexibility index (Phi) is 7.12. The topological polar surface area (TPSA) is 84.7 Å². The first-order chi connectivity index (χ1) is 14.4. The second-order valence-electron chi connectivity index (χ2n) is 6.36. The van der Waals surface area contributed by atoms with Crippen LogP contribution in [0.15, 0.2) is 40.1 Å². The molecule has 0 saturated carbocycles. The highest BCUT2D eigenvalue weighted by Gasteiger charge is 2.19. The van der Waals surface area contributed by atoms with E-state index in [2.05, 4.69) is 10.3 Å². The van der Waals surface area contributed by atoms with Gasteiger partial charge in [-0.3, -0.25) is 9.59 Å². The highest BCUT2D eigenvalue weighted by molar-refractivity contribution is 7.13. The average molecular weight is 448 g/mol. The molecule has 0 aliphatic heterocycles. The van der Waals surface area contributed by atoms with E-state index in [9.17, 15) is 9.59 Å². The smallest absolute Gasteiger partial charge is 0.277 e. The maximum Gasteiger partial charge on any atom is 0.277 e. The van der Waals surface area contributed by atoms with E-state index in [0.29, 0.717) is 36.2 Å². The fourth-order valence-electron chi connectivity index (χ4n) is 2.81. The molecule has 0 fully saturated rings. The average Bonchev–Trinajstić information content (AvgIpc) is 3.38. The van der Waals surface area contributed by atoms with Crippen molar-refractivity contribution in [2.24, 2.45) is 0 Å². The Bertz CT molecular complexity index is 1030. The molecule has 0 aliphatic rings. The van der Waals surface area contributed by atoms with Crippen molar-refractivity contribution < 1.29 is 18.7 Å². The van der Waals surface area contributed by atoms with Gasteiger partial charge in [0.25, 0.3) is 11.8 Å². The van der Waals surface area contributed by atoms with Gasteiger partial charge in [0.2, 0.25) is 5.89 Å². The summed E-state index contributed by atoms with van der Waals surface area (Å²) in [5, 5.41) is 4.95. The minimum absolute atomic E-state index is 0.100. The number of anilines is 1. The van der Waals surface area contributed by atoms with Crippen LogP contribution in [0.2, 0.25) is 5.02 Å². The fraction of sp³-hybridized carbons (Fsp3) is 0.286. The Morgan fingerprint density at radius 2 is 2.03 bits per heavy atom. The third-order valence-corrected chi connectivity index (χ3v) is 5.55. The zero-order chi connectivity index (χ0) is 21.7. The van der Waals surface area contributed by atoms with E-state index in [1.807, 2.05) is 31.4 Å². The van der Waals surface area contributed by atoms with Crippen molar-refractivity contribution >= 4 is 40.4 Å². The monoisotopic (exact) mass is 447 g/mol. The van der Waals surface area contributed by atoms with E-state index in [0.717, 1.165) is 4.88 Å².